The smallest absolute Gasteiger partial charge is 0.490 e. The summed E-state index contributed by atoms with van der Waals surface area (Å²) < 4.78 is 37.7. The van der Waals surface area contributed by atoms with Crippen LogP contribution in [0.3, 0.4) is 0 Å². The number of alkyl halides is 3. The molecule has 1 unspecified atom stereocenters. The van der Waals surface area contributed by atoms with Crippen LogP contribution >= 0.6 is 0 Å². The van der Waals surface area contributed by atoms with Crippen LogP contribution in [0, 0.1) is 17.8 Å². The topological polar surface area (TPSA) is 87.1 Å². The van der Waals surface area contributed by atoms with E-state index in [1.54, 1.807) is 0 Å². The van der Waals surface area contributed by atoms with Gasteiger partial charge in [0.15, 0.2) is 5.78 Å². The molecule has 236 valence electrons. The number of ether oxygens (including phenoxy) is 1. The van der Waals surface area contributed by atoms with Crippen LogP contribution in [-0.4, -0.2) is 59.3 Å². The summed E-state index contributed by atoms with van der Waals surface area (Å²) in [4.78, 5) is 24.0. The van der Waals surface area contributed by atoms with E-state index < -0.39 is 17.7 Å². The molecule has 3 aliphatic rings. The zero-order chi connectivity index (χ0) is 30.9. The lowest BCUT2D eigenvalue weighted by molar-refractivity contribution is -0.192. The fraction of sp³-hybridized carbons (Fsp3) is 0.588. The van der Waals surface area contributed by atoms with Crippen molar-refractivity contribution in [2.24, 2.45) is 17.8 Å². The minimum atomic E-state index is -5.08. The summed E-state index contributed by atoms with van der Waals surface area (Å²) in [5.41, 5.74) is 1.27. The van der Waals surface area contributed by atoms with E-state index in [9.17, 15) is 23.1 Å². The van der Waals surface area contributed by atoms with Gasteiger partial charge < -0.3 is 19.8 Å². The molecule has 1 aliphatic heterocycles. The number of aliphatic hydroxyl groups is 1. The number of nitrogens with zero attached hydrogens (tertiary/aromatic N) is 1. The number of carbonyl (C=O) groups excluding carboxylic acids is 1. The van der Waals surface area contributed by atoms with Crippen LogP contribution < -0.4 is 4.74 Å². The zero-order valence-electron chi connectivity index (χ0n) is 24.7. The van der Waals surface area contributed by atoms with E-state index in [2.05, 4.69) is 29.2 Å². The lowest BCUT2D eigenvalue weighted by Crippen LogP contribution is -2.47. The Bertz CT molecular complexity index is 1150. The van der Waals surface area contributed by atoms with Crippen molar-refractivity contribution in [2.75, 3.05) is 26.2 Å². The molecular weight excluding hydrogens is 559 g/mol. The van der Waals surface area contributed by atoms with E-state index in [4.69, 9.17) is 14.6 Å². The molecule has 0 amide bonds. The van der Waals surface area contributed by atoms with Crippen molar-refractivity contribution in [3.63, 3.8) is 0 Å². The third kappa shape index (κ3) is 8.82. The van der Waals surface area contributed by atoms with E-state index in [1.165, 1.54) is 25.7 Å². The Hall–Kier alpha value is -2.91. The lowest BCUT2D eigenvalue weighted by Gasteiger charge is -2.45. The molecule has 3 fully saturated rings. The van der Waals surface area contributed by atoms with Gasteiger partial charge >= 0.3 is 12.1 Å². The van der Waals surface area contributed by atoms with E-state index in [0.29, 0.717) is 24.2 Å². The predicted molar refractivity (Wildman–Crippen MR) is 158 cm³/mol. The fourth-order valence-corrected chi connectivity index (χ4v) is 7.09. The number of carboxylic acid groups (broad SMARTS) is 1. The average molecular weight is 604 g/mol. The Morgan fingerprint density at radius 1 is 0.814 bits per heavy atom. The van der Waals surface area contributed by atoms with Crippen LogP contribution in [0.1, 0.15) is 86.6 Å². The molecule has 1 heterocycles. The summed E-state index contributed by atoms with van der Waals surface area (Å²) in [6, 6.07) is 18.2. The highest BCUT2D eigenvalue weighted by molar-refractivity contribution is 5.98. The molecule has 2 saturated carbocycles. The zero-order valence-corrected chi connectivity index (χ0v) is 24.7. The number of aliphatic carboxylic acids is 1. The van der Waals surface area contributed by atoms with Gasteiger partial charge in [-0.25, -0.2) is 4.79 Å². The monoisotopic (exact) mass is 603 g/mol. The highest BCUT2D eigenvalue weighted by Gasteiger charge is 2.46. The number of piperidine rings is 1. The van der Waals surface area contributed by atoms with Gasteiger partial charge in [-0.2, -0.15) is 13.2 Å². The Morgan fingerprint density at radius 3 is 1.91 bits per heavy atom. The van der Waals surface area contributed by atoms with Crippen molar-refractivity contribution in [3.05, 3.63) is 65.7 Å². The van der Waals surface area contributed by atoms with Gasteiger partial charge in [-0.15, -0.1) is 0 Å². The summed E-state index contributed by atoms with van der Waals surface area (Å²) in [5, 5.41) is 19.2. The highest BCUT2D eigenvalue weighted by atomic mass is 19.4. The Balaban J connectivity index is 0.000000541. The van der Waals surface area contributed by atoms with Crippen molar-refractivity contribution in [1.82, 2.24) is 4.90 Å². The van der Waals surface area contributed by atoms with Crippen molar-refractivity contribution in [3.8, 4) is 5.75 Å². The lowest BCUT2D eigenvalue weighted by atomic mass is 9.68. The molecule has 0 bridgehead atoms. The molecule has 2 aromatic rings. The normalized spacial score (nSPS) is 20.3. The SMILES string of the molecule is O=C(O)C(F)(F)F.O=C(c1ccc(OCCCN2CCC(C(O)(c3ccccc3)C3CCCC3)CC2)cc1)C1CCCC1. The number of hydrogen-bond acceptors (Lipinski definition) is 5. The summed E-state index contributed by atoms with van der Waals surface area (Å²) >= 11 is 0. The fourth-order valence-electron chi connectivity index (χ4n) is 7.09. The van der Waals surface area contributed by atoms with Crippen molar-refractivity contribution in [1.29, 1.82) is 0 Å². The van der Waals surface area contributed by atoms with Crippen LogP contribution in [0.4, 0.5) is 13.2 Å². The molecule has 43 heavy (non-hydrogen) atoms. The number of hydrogen-bond donors (Lipinski definition) is 2. The van der Waals surface area contributed by atoms with Crippen molar-refractivity contribution >= 4 is 11.8 Å². The van der Waals surface area contributed by atoms with Gasteiger partial charge in [0.1, 0.15) is 5.75 Å². The van der Waals surface area contributed by atoms with Crippen molar-refractivity contribution in [2.45, 2.75) is 82.4 Å². The number of benzene rings is 2. The Morgan fingerprint density at radius 2 is 1.35 bits per heavy atom. The van der Waals surface area contributed by atoms with Crippen molar-refractivity contribution < 1.29 is 37.7 Å². The van der Waals surface area contributed by atoms with Gasteiger partial charge in [-0.1, -0.05) is 56.0 Å². The maximum absolute atomic E-state index is 12.6. The van der Waals surface area contributed by atoms with Crippen LogP contribution in [0.15, 0.2) is 54.6 Å². The minimum absolute atomic E-state index is 0.225. The number of carboxylic acids is 1. The second-order valence-corrected chi connectivity index (χ2v) is 12.2. The van der Waals surface area contributed by atoms with E-state index in [0.717, 1.165) is 81.5 Å². The summed E-state index contributed by atoms with van der Waals surface area (Å²) in [6.07, 6.45) is 7.26. The Kier molecular flexibility index (Phi) is 11.7. The maximum Gasteiger partial charge on any atom is 0.490 e. The molecule has 2 N–H and O–H groups in total. The highest BCUT2D eigenvalue weighted by Crippen LogP contribution is 2.48. The third-order valence-electron chi connectivity index (χ3n) is 9.42. The molecule has 2 aliphatic carbocycles. The van der Waals surface area contributed by atoms with Gasteiger partial charge in [0.2, 0.25) is 0 Å². The molecule has 0 spiro atoms. The second kappa shape index (κ2) is 15.2. The average Bonchev–Trinajstić information content (AvgIpc) is 3.75. The quantitative estimate of drug-likeness (QED) is 0.220. The number of likely N-dealkylation sites (tertiary alicyclic amines) is 1. The molecule has 5 rings (SSSR count). The molecule has 1 atom stereocenters. The largest absolute Gasteiger partial charge is 0.494 e. The molecule has 0 aromatic heterocycles. The van der Waals surface area contributed by atoms with E-state index in [-0.39, 0.29) is 5.92 Å². The first kappa shape index (κ1) is 33.0. The van der Waals surface area contributed by atoms with Gasteiger partial charge in [0.25, 0.3) is 0 Å². The number of Topliss-reactive ketones (excluding diaryl/α,β-unsaturated/α-hetero) is 1. The number of ketones is 1. The minimum Gasteiger partial charge on any atom is -0.494 e. The van der Waals surface area contributed by atoms with Crippen LogP contribution in [0.2, 0.25) is 0 Å². The first-order valence-electron chi connectivity index (χ1n) is 15.7. The molecule has 1 saturated heterocycles. The molecule has 9 heteroatoms. The summed E-state index contributed by atoms with van der Waals surface area (Å²) in [5.74, 6) is -0.656. The van der Waals surface area contributed by atoms with Crippen LogP contribution in [0.5, 0.6) is 5.75 Å². The number of rotatable bonds is 10. The number of halogens is 3. The Labute approximate surface area is 252 Å². The van der Waals surface area contributed by atoms with E-state index in [1.807, 2.05) is 30.3 Å². The van der Waals surface area contributed by atoms with Gasteiger partial charge in [0.05, 0.1) is 12.2 Å². The van der Waals surface area contributed by atoms with Gasteiger partial charge in [-0.3, -0.25) is 4.79 Å². The predicted octanol–water partition coefficient (Wildman–Crippen LogP) is 7.25. The molecule has 6 nitrogen and oxygen atoms in total. The standard InChI is InChI=1S/C32H43NO3.C2HF3O2/c34-31(25-9-4-5-10-25)26-15-17-30(18-16-26)36-24-8-21-33-22-19-29(20-23-33)32(35,28-13-6-7-14-28)27-11-2-1-3-12-27;3-2(4,5)1(6)7/h1-3,11-12,15-18,25,28-29,35H,4-10,13-14,19-24H2;(H,6,7). The second-order valence-electron chi connectivity index (χ2n) is 12.2. The summed E-state index contributed by atoms with van der Waals surface area (Å²) in [7, 11) is 0. The van der Waals surface area contributed by atoms with Gasteiger partial charge in [0, 0.05) is 18.0 Å². The van der Waals surface area contributed by atoms with E-state index >= 15 is 0 Å². The summed E-state index contributed by atoms with van der Waals surface area (Å²) in [6.45, 7) is 3.80. The maximum atomic E-state index is 12.6. The first-order chi connectivity index (χ1) is 20.6. The van der Waals surface area contributed by atoms with Crippen LogP contribution in [-0.2, 0) is 10.4 Å². The third-order valence-corrected chi connectivity index (χ3v) is 9.42. The molecule has 2 aromatic carbocycles. The first-order valence-corrected chi connectivity index (χ1v) is 15.7. The molecule has 0 radical (unpaired) electrons. The molecular formula is C34H44F3NO5. The van der Waals surface area contributed by atoms with Gasteiger partial charge in [-0.05, 0) is 99.7 Å². The number of carbonyl (C=O) groups is 2. The van der Waals surface area contributed by atoms with Crippen LogP contribution in [0.25, 0.3) is 0 Å².